The van der Waals surface area contributed by atoms with Crippen LogP contribution in [0.1, 0.15) is 20.3 Å². The highest BCUT2D eigenvalue weighted by atomic mass is 16.5. The van der Waals surface area contributed by atoms with Gasteiger partial charge in [0.1, 0.15) is 5.75 Å². The quantitative estimate of drug-likeness (QED) is 0.711. The van der Waals surface area contributed by atoms with Gasteiger partial charge < -0.3 is 20.7 Å². The second-order valence-electron chi connectivity index (χ2n) is 5.89. The van der Waals surface area contributed by atoms with Gasteiger partial charge in [-0.1, -0.05) is 32.0 Å². The smallest absolute Gasteiger partial charge is 0.258 e. The summed E-state index contributed by atoms with van der Waals surface area (Å²) in [6.45, 7) is 4.54. The van der Waals surface area contributed by atoms with E-state index in [1.807, 2.05) is 18.2 Å². The van der Waals surface area contributed by atoms with Crippen LogP contribution in [0, 0.1) is 5.92 Å². The van der Waals surface area contributed by atoms with Crippen molar-refractivity contribution in [2.24, 2.45) is 11.7 Å². The minimum absolute atomic E-state index is 0.0373. The fourth-order valence-corrected chi connectivity index (χ4v) is 1.83. The van der Waals surface area contributed by atoms with Crippen molar-refractivity contribution >= 4 is 11.8 Å². The van der Waals surface area contributed by atoms with E-state index in [4.69, 9.17) is 10.5 Å². The van der Waals surface area contributed by atoms with Gasteiger partial charge >= 0.3 is 0 Å². The molecule has 0 saturated heterocycles. The summed E-state index contributed by atoms with van der Waals surface area (Å²) in [6, 6.07) is 9.13. The standard InChI is InChI=1S/C17H27N3O3/c1-13(2)15(18)9-10-20(3)17(22)11-19-16(21)12-23-14-7-5-4-6-8-14/h4-8,13,15H,9-12,18H2,1-3H3,(H,19,21). The third kappa shape index (κ3) is 7.65. The molecule has 0 radical (unpaired) electrons. The summed E-state index contributed by atoms with van der Waals surface area (Å²) < 4.78 is 5.31. The Kier molecular flexibility index (Phi) is 8.11. The SMILES string of the molecule is CC(C)C(N)CCN(C)C(=O)CNC(=O)COc1ccccc1. The molecule has 0 aromatic heterocycles. The highest BCUT2D eigenvalue weighted by Gasteiger charge is 2.13. The number of para-hydroxylation sites is 1. The van der Waals surface area contributed by atoms with Crippen molar-refractivity contribution in [3.05, 3.63) is 30.3 Å². The molecule has 2 amide bonds. The lowest BCUT2D eigenvalue weighted by molar-refractivity contribution is -0.132. The number of ether oxygens (including phenoxy) is 1. The average molecular weight is 321 g/mol. The van der Waals surface area contributed by atoms with E-state index < -0.39 is 0 Å². The van der Waals surface area contributed by atoms with E-state index in [1.165, 1.54) is 0 Å². The molecule has 0 fully saturated rings. The summed E-state index contributed by atoms with van der Waals surface area (Å²) >= 11 is 0. The number of carbonyl (C=O) groups is 2. The lowest BCUT2D eigenvalue weighted by Gasteiger charge is -2.21. The Morgan fingerprint density at radius 2 is 1.91 bits per heavy atom. The molecule has 0 spiro atoms. The zero-order valence-corrected chi connectivity index (χ0v) is 14.1. The number of carbonyl (C=O) groups excluding carboxylic acids is 2. The minimum atomic E-state index is -0.325. The fourth-order valence-electron chi connectivity index (χ4n) is 1.83. The van der Waals surface area contributed by atoms with Gasteiger partial charge in [-0.15, -0.1) is 0 Å². The first kappa shape index (κ1) is 19.0. The molecule has 1 aromatic carbocycles. The molecule has 1 rings (SSSR count). The molecular formula is C17H27N3O3. The summed E-state index contributed by atoms with van der Waals surface area (Å²) in [5.74, 6) is 0.533. The van der Waals surface area contributed by atoms with Crippen molar-refractivity contribution in [2.75, 3.05) is 26.7 Å². The van der Waals surface area contributed by atoms with Crippen LogP contribution in [0.4, 0.5) is 0 Å². The second-order valence-corrected chi connectivity index (χ2v) is 5.89. The van der Waals surface area contributed by atoms with Gasteiger partial charge in [0, 0.05) is 19.6 Å². The molecule has 0 bridgehead atoms. The molecule has 1 aromatic rings. The van der Waals surface area contributed by atoms with Gasteiger partial charge in [0.15, 0.2) is 6.61 Å². The summed E-state index contributed by atoms with van der Waals surface area (Å²) in [5.41, 5.74) is 5.96. The Labute approximate surface area is 138 Å². The van der Waals surface area contributed by atoms with Gasteiger partial charge in [-0.05, 0) is 24.5 Å². The number of amides is 2. The van der Waals surface area contributed by atoms with Crippen LogP contribution in [-0.2, 0) is 9.59 Å². The number of hydrogen-bond acceptors (Lipinski definition) is 4. The summed E-state index contributed by atoms with van der Waals surface area (Å²) in [7, 11) is 1.71. The second kappa shape index (κ2) is 9.84. The van der Waals surface area contributed by atoms with Crippen molar-refractivity contribution in [2.45, 2.75) is 26.3 Å². The zero-order chi connectivity index (χ0) is 17.2. The lowest BCUT2D eigenvalue weighted by atomic mass is 10.0. The van der Waals surface area contributed by atoms with Gasteiger partial charge in [0.25, 0.3) is 5.91 Å². The highest BCUT2D eigenvalue weighted by molar-refractivity contribution is 5.85. The first-order chi connectivity index (χ1) is 10.9. The van der Waals surface area contributed by atoms with Gasteiger partial charge in [-0.3, -0.25) is 9.59 Å². The maximum Gasteiger partial charge on any atom is 0.258 e. The highest BCUT2D eigenvalue weighted by Crippen LogP contribution is 2.07. The van der Waals surface area contributed by atoms with Crippen LogP contribution in [0.2, 0.25) is 0 Å². The van der Waals surface area contributed by atoms with E-state index in [9.17, 15) is 9.59 Å². The van der Waals surface area contributed by atoms with E-state index in [1.54, 1.807) is 24.1 Å². The molecule has 0 aliphatic heterocycles. The fraction of sp³-hybridized carbons (Fsp3) is 0.529. The largest absolute Gasteiger partial charge is 0.484 e. The van der Waals surface area contributed by atoms with E-state index in [-0.39, 0.29) is 31.0 Å². The Balaban J connectivity index is 2.22. The molecule has 0 aliphatic rings. The summed E-state index contributed by atoms with van der Waals surface area (Å²) in [5, 5.41) is 2.56. The normalized spacial score (nSPS) is 11.9. The van der Waals surface area contributed by atoms with Crippen LogP contribution < -0.4 is 15.8 Å². The number of rotatable bonds is 9. The maximum absolute atomic E-state index is 11.9. The van der Waals surface area contributed by atoms with Gasteiger partial charge in [-0.25, -0.2) is 0 Å². The molecule has 128 valence electrons. The van der Waals surface area contributed by atoms with Gasteiger partial charge in [0.2, 0.25) is 5.91 Å². The van der Waals surface area contributed by atoms with Gasteiger partial charge in [-0.2, -0.15) is 0 Å². The maximum atomic E-state index is 11.9. The molecule has 0 aliphatic carbocycles. The molecule has 3 N–H and O–H groups in total. The Morgan fingerprint density at radius 1 is 1.26 bits per heavy atom. The average Bonchev–Trinajstić information content (AvgIpc) is 2.55. The van der Waals surface area contributed by atoms with Crippen LogP contribution >= 0.6 is 0 Å². The minimum Gasteiger partial charge on any atom is -0.484 e. The summed E-state index contributed by atoms with van der Waals surface area (Å²) in [4.78, 5) is 25.2. The number of likely N-dealkylation sites (N-methyl/N-ethyl adjacent to an activating group) is 1. The first-order valence-electron chi connectivity index (χ1n) is 7.84. The van der Waals surface area contributed by atoms with E-state index in [2.05, 4.69) is 19.2 Å². The Morgan fingerprint density at radius 3 is 2.52 bits per heavy atom. The number of nitrogens with zero attached hydrogens (tertiary/aromatic N) is 1. The van der Waals surface area contributed by atoms with Gasteiger partial charge in [0.05, 0.1) is 6.54 Å². The molecule has 0 saturated carbocycles. The van der Waals surface area contributed by atoms with Crippen LogP contribution in [0.5, 0.6) is 5.75 Å². The van der Waals surface area contributed by atoms with Crippen LogP contribution in [0.3, 0.4) is 0 Å². The molecule has 0 heterocycles. The number of nitrogens with two attached hydrogens (primary N) is 1. The lowest BCUT2D eigenvalue weighted by Crippen LogP contribution is -2.41. The molecule has 1 unspecified atom stereocenters. The Hall–Kier alpha value is -2.08. The van der Waals surface area contributed by atoms with Crippen LogP contribution in [-0.4, -0.2) is 49.5 Å². The molecule has 6 nitrogen and oxygen atoms in total. The first-order valence-corrected chi connectivity index (χ1v) is 7.84. The third-order valence-electron chi connectivity index (χ3n) is 3.63. The molecule has 23 heavy (non-hydrogen) atoms. The van der Waals surface area contributed by atoms with E-state index >= 15 is 0 Å². The van der Waals surface area contributed by atoms with Crippen molar-refractivity contribution in [3.63, 3.8) is 0 Å². The van der Waals surface area contributed by atoms with Crippen molar-refractivity contribution < 1.29 is 14.3 Å². The monoisotopic (exact) mass is 321 g/mol. The summed E-state index contributed by atoms with van der Waals surface area (Å²) in [6.07, 6.45) is 0.741. The van der Waals surface area contributed by atoms with Crippen molar-refractivity contribution in [1.29, 1.82) is 0 Å². The van der Waals surface area contributed by atoms with Crippen molar-refractivity contribution in [1.82, 2.24) is 10.2 Å². The van der Waals surface area contributed by atoms with Crippen molar-refractivity contribution in [3.8, 4) is 5.75 Å². The van der Waals surface area contributed by atoms with Crippen LogP contribution in [0.25, 0.3) is 0 Å². The molecule has 1 atom stereocenters. The number of hydrogen-bond donors (Lipinski definition) is 2. The zero-order valence-electron chi connectivity index (χ0n) is 14.1. The van der Waals surface area contributed by atoms with E-state index in [0.29, 0.717) is 18.2 Å². The Bertz CT molecular complexity index is 491. The number of benzene rings is 1. The number of nitrogens with one attached hydrogen (secondary N) is 1. The van der Waals surface area contributed by atoms with E-state index in [0.717, 1.165) is 6.42 Å². The third-order valence-corrected chi connectivity index (χ3v) is 3.63. The molecular weight excluding hydrogens is 294 g/mol. The predicted molar refractivity (Wildman–Crippen MR) is 90.0 cm³/mol. The molecule has 6 heteroatoms. The predicted octanol–water partition coefficient (Wildman–Crippen LogP) is 1.01. The topological polar surface area (TPSA) is 84.7 Å². The van der Waals surface area contributed by atoms with Crippen LogP contribution in [0.15, 0.2) is 30.3 Å².